The fourth-order valence-corrected chi connectivity index (χ4v) is 2.64. The molecule has 4 nitrogen and oxygen atoms in total. The van der Waals surface area contributed by atoms with Crippen molar-refractivity contribution in [2.75, 3.05) is 0 Å². The Morgan fingerprint density at radius 3 is 2.35 bits per heavy atom. The van der Waals surface area contributed by atoms with Gasteiger partial charge in [-0.05, 0) is 18.1 Å². The van der Waals surface area contributed by atoms with Crippen LogP contribution in [0.3, 0.4) is 0 Å². The van der Waals surface area contributed by atoms with Crippen LogP contribution in [0.5, 0.6) is 5.75 Å². The maximum absolute atomic E-state index is 12.6. The Kier molecular flexibility index (Phi) is 9.02. The number of benzene rings is 2. The summed E-state index contributed by atoms with van der Waals surface area (Å²) >= 11 is 0. The highest BCUT2D eigenvalue weighted by Crippen LogP contribution is 2.28. The number of hydrogen-bond donors (Lipinski definition) is 2. The third-order valence-electron chi connectivity index (χ3n) is 3.89. The van der Waals surface area contributed by atoms with Gasteiger partial charge in [0.1, 0.15) is 5.75 Å². The van der Waals surface area contributed by atoms with E-state index in [1.54, 1.807) is 18.2 Å². The minimum Gasteiger partial charge on any atom is -0.434 e. The van der Waals surface area contributed by atoms with Crippen molar-refractivity contribution in [1.82, 2.24) is 5.32 Å². The van der Waals surface area contributed by atoms with Crippen LogP contribution in [0.2, 0.25) is 0 Å². The molecule has 0 spiro atoms. The number of nitrogens with one attached hydrogen (secondary N) is 1. The molecule has 2 aromatic carbocycles. The summed E-state index contributed by atoms with van der Waals surface area (Å²) in [6.45, 7) is -1.05. The number of halogens is 3. The molecule has 142 valence electrons. The molecular formula is C19H23ClF2N2O2. The highest BCUT2D eigenvalue weighted by atomic mass is 35.5. The number of rotatable bonds is 8. The van der Waals surface area contributed by atoms with Crippen molar-refractivity contribution in [2.24, 2.45) is 5.73 Å². The van der Waals surface area contributed by atoms with Crippen LogP contribution < -0.4 is 15.8 Å². The zero-order valence-electron chi connectivity index (χ0n) is 14.4. The second kappa shape index (κ2) is 10.7. The lowest BCUT2D eigenvalue weighted by Crippen LogP contribution is -2.31. The lowest BCUT2D eigenvalue weighted by Gasteiger charge is -2.21. The lowest BCUT2D eigenvalue weighted by atomic mass is 10.0. The summed E-state index contributed by atoms with van der Waals surface area (Å²) in [6, 6.07) is 14.9. The Balaban J connectivity index is 0.00000338. The quantitative estimate of drug-likeness (QED) is 0.710. The molecule has 2 atom stereocenters. The van der Waals surface area contributed by atoms with Crippen LogP contribution in [0, 0.1) is 0 Å². The van der Waals surface area contributed by atoms with Crippen LogP contribution in [0.1, 0.15) is 43.0 Å². The third-order valence-corrected chi connectivity index (χ3v) is 3.89. The number of nitrogens with two attached hydrogens (primary N) is 1. The van der Waals surface area contributed by atoms with Gasteiger partial charge in [0.15, 0.2) is 0 Å². The largest absolute Gasteiger partial charge is 0.434 e. The Morgan fingerprint density at radius 2 is 1.73 bits per heavy atom. The van der Waals surface area contributed by atoms with Crippen molar-refractivity contribution >= 4 is 18.3 Å². The molecule has 2 unspecified atom stereocenters. The smallest absolute Gasteiger partial charge is 0.387 e. The summed E-state index contributed by atoms with van der Waals surface area (Å²) in [5.74, 6) is -0.174. The molecule has 2 rings (SSSR count). The minimum absolute atomic E-state index is 0. The van der Waals surface area contributed by atoms with E-state index in [0.717, 1.165) is 5.56 Å². The van der Waals surface area contributed by atoms with E-state index in [4.69, 9.17) is 5.73 Å². The van der Waals surface area contributed by atoms with Crippen LogP contribution in [0.4, 0.5) is 8.78 Å². The van der Waals surface area contributed by atoms with Gasteiger partial charge in [-0.25, -0.2) is 0 Å². The van der Waals surface area contributed by atoms with E-state index in [9.17, 15) is 13.6 Å². The van der Waals surface area contributed by atoms with Gasteiger partial charge >= 0.3 is 6.61 Å². The van der Waals surface area contributed by atoms with Crippen molar-refractivity contribution in [2.45, 2.75) is 38.5 Å². The average molecular weight is 385 g/mol. The monoisotopic (exact) mass is 384 g/mol. The number of carbonyl (C=O) groups is 1. The van der Waals surface area contributed by atoms with Crippen molar-refractivity contribution in [1.29, 1.82) is 0 Å². The maximum atomic E-state index is 12.6. The molecule has 0 aromatic heterocycles. The van der Waals surface area contributed by atoms with E-state index in [0.29, 0.717) is 12.0 Å². The van der Waals surface area contributed by atoms with Crippen molar-refractivity contribution in [3.63, 3.8) is 0 Å². The molecule has 0 aliphatic carbocycles. The van der Waals surface area contributed by atoms with Crippen LogP contribution in [-0.4, -0.2) is 12.5 Å². The molecule has 0 heterocycles. The van der Waals surface area contributed by atoms with Gasteiger partial charge in [-0.3, -0.25) is 4.79 Å². The second-order valence-electron chi connectivity index (χ2n) is 5.67. The summed E-state index contributed by atoms with van der Waals surface area (Å²) in [5, 5.41) is 2.85. The van der Waals surface area contributed by atoms with Crippen LogP contribution in [0.15, 0.2) is 54.6 Å². The summed E-state index contributed by atoms with van der Waals surface area (Å²) in [4.78, 5) is 12.3. The van der Waals surface area contributed by atoms with Gasteiger partial charge < -0.3 is 15.8 Å². The van der Waals surface area contributed by atoms with Crippen LogP contribution >= 0.6 is 12.4 Å². The number of alkyl halides is 2. The molecule has 26 heavy (non-hydrogen) atoms. The van der Waals surface area contributed by atoms with E-state index >= 15 is 0 Å². The number of carbonyl (C=O) groups excluding carboxylic acids is 1. The second-order valence-corrected chi connectivity index (χ2v) is 5.67. The predicted molar refractivity (Wildman–Crippen MR) is 99.5 cm³/mol. The molecule has 1 amide bonds. The van der Waals surface area contributed by atoms with E-state index < -0.39 is 18.7 Å². The van der Waals surface area contributed by atoms with Crippen LogP contribution in [-0.2, 0) is 4.79 Å². The zero-order valence-corrected chi connectivity index (χ0v) is 15.2. The molecular weight excluding hydrogens is 362 g/mol. The van der Waals surface area contributed by atoms with E-state index in [2.05, 4.69) is 10.1 Å². The van der Waals surface area contributed by atoms with Gasteiger partial charge in [-0.1, -0.05) is 55.5 Å². The van der Waals surface area contributed by atoms with E-state index in [-0.39, 0.29) is 30.5 Å². The Morgan fingerprint density at radius 1 is 1.12 bits per heavy atom. The van der Waals surface area contributed by atoms with Crippen molar-refractivity contribution in [3.05, 3.63) is 65.7 Å². The predicted octanol–water partition coefficient (Wildman–Crippen LogP) is 4.37. The molecule has 0 fully saturated rings. The first kappa shape index (κ1) is 21.9. The Bertz CT molecular complexity index is 686. The van der Waals surface area contributed by atoms with E-state index in [1.807, 2.05) is 37.3 Å². The first-order valence-corrected chi connectivity index (χ1v) is 8.14. The zero-order chi connectivity index (χ0) is 18.2. The van der Waals surface area contributed by atoms with Crippen LogP contribution in [0.25, 0.3) is 0 Å². The van der Waals surface area contributed by atoms with E-state index in [1.165, 1.54) is 6.07 Å². The number of ether oxygens (including phenoxy) is 1. The van der Waals surface area contributed by atoms with Gasteiger partial charge in [0.25, 0.3) is 0 Å². The Labute approximate surface area is 158 Å². The van der Waals surface area contributed by atoms with Gasteiger partial charge in [-0.2, -0.15) is 8.78 Å². The highest BCUT2D eigenvalue weighted by Gasteiger charge is 2.20. The Hall–Kier alpha value is -2.18. The number of para-hydroxylation sites is 1. The van der Waals surface area contributed by atoms with Gasteiger partial charge in [0.2, 0.25) is 5.91 Å². The summed E-state index contributed by atoms with van der Waals surface area (Å²) in [5.41, 5.74) is 7.45. The summed E-state index contributed by atoms with van der Waals surface area (Å²) in [6.07, 6.45) is 0.647. The normalized spacial score (nSPS) is 12.8. The third kappa shape index (κ3) is 6.28. The minimum atomic E-state index is -2.92. The molecule has 0 saturated carbocycles. The number of amides is 1. The molecule has 3 N–H and O–H groups in total. The van der Waals surface area contributed by atoms with Gasteiger partial charge in [0.05, 0.1) is 6.04 Å². The summed E-state index contributed by atoms with van der Waals surface area (Å²) in [7, 11) is 0. The molecule has 0 bridgehead atoms. The molecule has 7 heteroatoms. The maximum Gasteiger partial charge on any atom is 0.387 e. The SMILES string of the molecule is CCC(NC(=O)CC(N)c1ccccc1)c1ccccc1OC(F)F.Cl. The van der Waals surface area contributed by atoms with Gasteiger partial charge in [-0.15, -0.1) is 12.4 Å². The fraction of sp³-hybridized carbons (Fsp3) is 0.316. The standard InChI is InChI=1S/C19H22F2N2O2.ClH/c1-2-16(14-10-6-7-11-17(14)25-19(20)21)23-18(24)12-15(22)13-8-4-3-5-9-13;/h3-11,15-16,19H,2,12,22H2,1H3,(H,23,24);1H. The molecule has 0 aliphatic rings. The number of hydrogen-bond acceptors (Lipinski definition) is 3. The van der Waals surface area contributed by atoms with Crippen molar-refractivity contribution < 1.29 is 18.3 Å². The van der Waals surface area contributed by atoms with Gasteiger partial charge in [0, 0.05) is 18.0 Å². The average Bonchev–Trinajstić information content (AvgIpc) is 2.60. The molecule has 2 aromatic rings. The summed E-state index contributed by atoms with van der Waals surface area (Å²) < 4.78 is 29.7. The van der Waals surface area contributed by atoms with Crippen molar-refractivity contribution in [3.8, 4) is 5.75 Å². The first-order valence-electron chi connectivity index (χ1n) is 8.14. The first-order chi connectivity index (χ1) is 12.0. The molecule has 0 radical (unpaired) electrons. The molecule has 0 aliphatic heterocycles. The highest BCUT2D eigenvalue weighted by molar-refractivity contribution is 5.85. The topological polar surface area (TPSA) is 64.4 Å². The fourth-order valence-electron chi connectivity index (χ4n) is 2.64. The molecule has 0 saturated heterocycles. The lowest BCUT2D eigenvalue weighted by molar-refractivity contribution is -0.122.